The van der Waals surface area contributed by atoms with Crippen molar-refractivity contribution >= 4 is 39.7 Å². The molecule has 0 aromatic carbocycles. The van der Waals surface area contributed by atoms with Gasteiger partial charge >= 0.3 is 0 Å². The number of rotatable bonds is 3. The summed E-state index contributed by atoms with van der Waals surface area (Å²) in [5.74, 6) is 1.34. The number of hydrogen-bond donors (Lipinski definition) is 2. The summed E-state index contributed by atoms with van der Waals surface area (Å²) in [4.78, 5) is 16.0. The summed E-state index contributed by atoms with van der Waals surface area (Å²) in [5.41, 5.74) is 6.79. The third-order valence-electron chi connectivity index (χ3n) is 4.14. The molecule has 0 aliphatic carbocycles. The molecule has 1 aromatic heterocycles. The second-order valence-corrected chi connectivity index (χ2v) is 7.27. The molecule has 1 fully saturated rings. The molecule has 1 saturated heterocycles. The van der Waals surface area contributed by atoms with Gasteiger partial charge in [-0.3, -0.25) is 4.79 Å². The smallest absolute Gasteiger partial charge is 0.263 e. The molecule has 4 nitrogen and oxygen atoms in total. The van der Waals surface area contributed by atoms with Gasteiger partial charge in [-0.25, -0.2) is 0 Å². The lowest BCUT2D eigenvalue weighted by molar-refractivity contribution is 0.0968. The van der Waals surface area contributed by atoms with Gasteiger partial charge < -0.3 is 16.0 Å². The normalized spacial score (nSPS) is 22.9. The van der Waals surface area contributed by atoms with Crippen LogP contribution in [-0.4, -0.2) is 32.3 Å². The Balaban J connectivity index is 2.34. The quantitative estimate of drug-likeness (QED) is 0.843. The molecule has 112 valence electrons. The minimum Gasteiger partial charge on any atom is -0.396 e. The molecule has 2 rings (SSSR count). The Morgan fingerprint density at radius 3 is 2.70 bits per heavy atom. The Morgan fingerprint density at radius 1 is 1.45 bits per heavy atom. The standard InChI is InChI=1S/C14H23N3OS2/c1-8-5-6-17(7-9(8)2)14-12(19-4)10(15)11(20-14)13(18)16-3/h8-9H,5-7,15H2,1-4H3,(H,16,18). The molecule has 2 heterocycles. The van der Waals surface area contributed by atoms with Crippen molar-refractivity contribution in [2.24, 2.45) is 11.8 Å². The van der Waals surface area contributed by atoms with Gasteiger partial charge in [-0.15, -0.1) is 23.1 Å². The molecule has 0 saturated carbocycles. The fourth-order valence-corrected chi connectivity index (χ4v) is 4.71. The van der Waals surface area contributed by atoms with Crippen molar-refractivity contribution in [3.63, 3.8) is 0 Å². The minimum atomic E-state index is -0.0903. The van der Waals surface area contributed by atoms with Crippen molar-refractivity contribution in [2.75, 3.05) is 37.0 Å². The van der Waals surface area contributed by atoms with Gasteiger partial charge in [-0.2, -0.15) is 0 Å². The number of nitrogen functional groups attached to an aromatic ring is 1. The van der Waals surface area contributed by atoms with E-state index in [-0.39, 0.29) is 5.91 Å². The van der Waals surface area contributed by atoms with Crippen LogP contribution < -0.4 is 16.0 Å². The zero-order valence-corrected chi connectivity index (χ0v) is 14.2. The molecule has 1 aliphatic heterocycles. The summed E-state index contributed by atoms with van der Waals surface area (Å²) in [7, 11) is 1.64. The molecule has 6 heteroatoms. The zero-order valence-electron chi connectivity index (χ0n) is 12.5. The first-order valence-corrected chi connectivity index (χ1v) is 8.97. The van der Waals surface area contributed by atoms with E-state index in [0.29, 0.717) is 16.5 Å². The highest BCUT2D eigenvalue weighted by Crippen LogP contribution is 2.45. The molecule has 3 N–H and O–H groups in total. The van der Waals surface area contributed by atoms with Gasteiger partial charge in [0.15, 0.2) is 0 Å². The first kappa shape index (κ1) is 15.5. The summed E-state index contributed by atoms with van der Waals surface area (Å²) in [6.07, 6.45) is 3.22. The van der Waals surface area contributed by atoms with E-state index in [1.165, 1.54) is 17.8 Å². The van der Waals surface area contributed by atoms with E-state index in [4.69, 9.17) is 5.73 Å². The number of carbonyl (C=O) groups is 1. The lowest BCUT2D eigenvalue weighted by Crippen LogP contribution is -2.38. The molecular formula is C14H23N3OS2. The lowest BCUT2D eigenvalue weighted by Gasteiger charge is -2.36. The SMILES string of the molecule is CNC(=O)c1sc(N2CCC(C)C(C)C2)c(SC)c1N. The molecule has 1 aliphatic rings. The topological polar surface area (TPSA) is 58.4 Å². The number of nitrogens with one attached hydrogen (secondary N) is 1. The predicted molar refractivity (Wildman–Crippen MR) is 89.1 cm³/mol. The van der Waals surface area contributed by atoms with Gasteiger partial charge in [0.05, 0.1) is 10.6 Å². The number of hydrogen-bond acceptors (Lipinski definition) is 5. The molecule has 0 spiro atoms. The molecule has 1 aromatic rings. The number of nitrogens with two attached hydrogens (primary N) is 1. The Labute approximate surface area is 129 Å². The first-order valence-electron chi connectivity index (χ1n) is 6.92. The maximum absolute atomic E-state index is 11.9. The Hall–Kier alpha value is -0.880. The fourth-order valence-electron chi connectivity index (χ4n) is 2.55. The average molecular weight is 313 g/mol. The number of thiophene rings is 1. The van der Waals surface area contributed by atoms with Crippen LogP contribution in [0.5, 0.6) is 0 Å². The van der Waals surface area contributed by atoms with Crippen LogP contribution in [0.25, 0.3) is 0 Å². The second-order valence-electron chi connectivity index (χ2n) is 5.45. The van der Waals surface area contributed by atoms with Crippen LogP contribution in [0.2, 0.25) is 0 Å². The summed E-state index contributed by atoms with van der Waals surface area (Å²) in [6.45, 7) is 6.70. The monoisotopic (exact) mass is 313 g/mol. The van der Waals surface area contributed by atoms with Crippen molar-refractivity contribution in [1.82, 2.24) is 5.32 Å². The number of carbonyl (C=O) groups excluding carboxylic acids is 1. The third kappa shape index (κ3) is 2.76. The fraction of sp³-hybridized carbons (Fsp3) is 0.643. The van der Waals surface area contributed by atoms with Crippen molar-refractivity contribution in [3.05, 3.63) is 4.88 Å². The van der Waals surface area contributed by atoms with Crippen LogP contribution in [-0.2, 0) is 0 Å². The molecule has 1 amide bonds. The highest BCUT2D eigenvalue weighted by molar-refractivity contribution is 7.99. The summed E-state index contributed by atoms with van der Waals surface area (Å²) in [5, 5.41) is 3.83. The minimum absolute atomic E-state index is 0.0903. The number of thioether (sulfide) groups is 1. The maximum Gasteiger partial charge on any atom is 0.263 e. The number of piperidine rings is 1. The van der Waals surface area contributed by atoms with Crippen molar-refractivity contribution < 1.29 is 4.79 Å². The lowest BCUT2D eigenvalue weighted by atomic mass is 9.89. The Kier molecular flexibility index (Phi) is 4.86. The number of nitrogens with zero attached hydrogens (tertiary/aromatic N) is 1. The highest BCUT2D eigenvalue weighted by atomic mass is 32.2. The number of amides is 1. The zero-order chi connectivity index (χ0) is 14.9. The molecule has 0 bridgehead atoms. The molecule has 20 heavy (non-hydrogen) atoms. The van der Waals surface area contributed by atoms with E-state index in [2.05, 4.69) is 24.1 Å². The van der Waals surface area contributed by atoms with Crippen molar-refractivity contribution in [3.8, 4) is 0 Å². The first-order chi connectivity index (χ1) is 9.49. The summed E-state index contributed by atoms with van der Waals surface area (Å²) >= 11 is 3.15. The Morgan fingerprint density at radius 2 is 2.15 bits per heavy atom. The van der Waals surface area contributed by atoms with E-state index in [9.17, 15) is 4.79 Å². The van der Waals surface area contributed by atoms with Crippen molar-refractivity contribution in [1.29, 1.82) is 0 Å². The second kappa shape index (κ2) is 6.26. The van der Waals surface area contributed by atoms with Crippen LogP contribution in [0.3, 0.4) is 0 Å². The van der Waals surface area contributed by atoms with E-state index in [1.807, 2.05) is 6.26 Å². The maximum atomic E-state index is 11.9. The highest BCUT2D eigenvalue weighted by Gasteiger charge is 2.28. The van der Waals surface area contributed by atoms with E-state index >= 15 is 0 Å². The van der Waals surface area contributed by atoms with Gasteiger partial charge in [0.25, 0.3) is 5.91 Å². The van der Waals surface area contributed by atoms with Gasteiger partial charge in [0.1, 0.15) is 9.88 Å². The third-order valence-corrected chi connectivity index (χ3v) is 6.36. The average Bonchev–Trinajstić information content (AvgIpc) is 2.78. The van der Waals surface area contributed by atoms with Crippen LogP contribution in [0, 0.1) is 11.8 Å². The van der Waals surface area contributed by atoms with Gasteiger partial charge in [0.2, 0.25) is 0 Å². The van der Waals surface area contributed by atoms with Gasteiger partial charge in [-0.05, 0) is 24.5 Å². The van der Waals surface area contributed by atoms with E-state index in [1.54, 1.807) is 18.8 Å². The van der Waals surface area contributed by atoms with E-state index in [0.717, 1.165) is 28.9 Å². The van der Waals surface area contributed by atoms with Crippen LogP contribution in [0.15, 0.2) is 4.90 Å². The summed E-state index contributed by atoms with van der Waals surface area (Å²) in [6, 6.07) is 0. The molecular weight excluding hydrogens is 290 g/mol. The van der Waals surface area contributed by atoms with Gasteiger partial charge in [0, 0.05) is 20.1 Å². The molecule has 2 atom stereocenters. The van der Waals surface area contributed by atoms with Crippen LogP contribution in [0.4, 0.5) is 10.7 Å². The largest absolute Gasteiger partial charge is 0.396 e. The van der Waals surface area contributed by atoms with Crippen LogP contribution >= 0.6 is 23.1 Å². The Bertz CT molecular complexity index is 501. The van der Waals surface area contributed by atoms with Gasteiger partial charge in [-0.1, -0.05) is 13.8 Å². The predicted octanol–water partition coefficient (Wildman–Crippen LogP) is 2.89. The van der Waals surface area contributed by atoms with Crippen molar-refractivity contribution in [2.45, 2.75) is 25.2 Å². The molecule has 0 radical (unpaired) electrons. The van der Waals surface area contributed by atoms with E-state index < -0.39 is 0 Å². The number of anilines is 2. The molecule has 2 unspecified atom stereocenters. The van der Waals surface area contributed by atoms with Crippen LogP contribution in [0.1, 0.15) is 29.9 Å². The summed E-state index contributed by atoms with van der Waals surface area (Å²) < 4.78 is 0.